The number of Topliss-reactive ketones (excluding diaryl/α,β-unsaturated/α-hetero) is 1. The fourth-order valence-electron chi connectivity index (χ4n) is 2.18. The van der Waals surface area contributed by atoms with Gasteiger partial charge in [0.2, 0.25) is 0 Å². The van der Waals surface area contributed by atoms with Crippen LogP contribution in [0.3, 0.4) is 0 Å². The molecule has 2 rings (SSSR count). The van der Waals surface area contributed by atoms with E-state index in [4.69, 9.17) is 4.74 Å². The number of carbonyl (C=O) groups is 1. The van der Waals surface area contributed by atoms with Gasteiger partial charge in [-0.15, -0.1) is 0 Å². The second-order valence-corrected chi connectivity index (χ2v) is 6.49. The van der Waals surface area contributed by atoms with Crippen LogP contribution in [0.4, 0.5) is 0 Å². The van der Waals surface area contributed by atoms with Crippen LogP contribution in [-0.4, -0.2) is 42.5 Å². The first kappa shape index (κ1) is 14.0. The maximum absolute atomic E-state index is 12.2. The molecular weight excluding hydrogens is 341 g/mol. The summed E-state index contributed by atoms with van der Waals surface area (Å²) in [7, 11) is 0. The Morgan fingerprint density at radius 3 is 2.67 bits per heavy atom. The lowest BCUT2D eigenvalue weighted by Crippen LogP contribution is -2.49. The van der Waals surface area contributed by atoms with Gasteiger partial charge in [0.05, 0.1) is 18.8 Å². The number of hydrogen-bond acceptors (Lipinski definition) is 3. The second-order valence-electron chi connectivity index (χ2n) is 5.25. The van der Waals surface area contributed by atoms with Crippen molar-refractivity contribution in [3.8, 4) is 0 Å². The number of benzene rings is 1. The minimum Gasteiger partial charge on any atom is -0.373 e. The summed E-state index contributed by atoms with van der Waals surface area (Å²) in [4.78, 5) is 14.3. The van der Waals surface area contributed by atoms with Crippen LogP contribution >= 0.6 is 22.6 Å². The van der Waals surface area contributed by atoms with Crippen LogP contribution in [0.2, 0.25) is 0 Å². The highest BCUT2D eigenvalue weighted by atomic mass is 127. The molecule has 4 heteroatoms. The Kier molecular flexibility index (Phi) is 4.40. The molecule has 0 unspecified atom stereocenters. The maximum Gasteiger partial charge on any atom is 0.176 e. The van der Waals surface area contributed by atoms with Crippen molar-refractivity contribution in [3.63, 3.8) is 0 Å². The Morgan fingerprint density at radius 1 is 1.39 bits per heavy atom. The van der Waals surface area contributed by atoms with Crippen LogP contribution < -0.4 is 0 Å². The Balaban J connectivity index is 1.97. The van der Waals surface area contributed by atoms with Crippen LogP contribution in [0.15, 0.2) is 24.3 Å². The van der Waals surface area contributed by atoms with Crippen LogP contribution in [0.1, 0.15) is 24.2 Å². The highest BCUT2D eigenvalue weighted by Crippen LogP contribution is 2.17. The van der Waals surface area contributed by atoms with Gasteiger partial charge in [0, 0.05) is 22.2 Å². The first-order valence-electron chi connectivity index (χ1n) is 6.11. The van der Waals surface area contributed by atoms with Crippen molar-refractivity contribution in [2.45, 2.75) is 19.4 Å². The Bertz CT molecular complexity index is 428. The van der Waals surface area contributed by atoms with Crippen molar-refractivity contribution in [2.24, 2.45) is 0 Å². The molecule has 98 valence electrons. The second kappa shape index (κ2) is 5.67. The number of hydrogen-bond donors (Lipinski definition) is 0. The number of morpholine rings is 1. The largest absolute Gasteiger partial charge is 0.373 e. The molecule has 1 aromatic carbocycles. The van der Waals surface area contributed by atoms with E-state index in [-0.39, 0.29) is 11.4 Å². The molecule has 1 aliphatic rings. The molecule has 1 heterocycles. The zero-order chi connectivity index (χ0) is 13.2. The Labute approximate surface area is 122 Å². The molecule has 1 aliphatic heterocycles. The summed E-state index contributed by atoms with van der Waals surface area (Å²) >= 11 is 2.24. The third-order valence-electron chi connectivity index (χ3n) is 3.04. The highest BCUT2D eigenvalue weighted by Gasteiger charge is 2.28. The van der Waals surface area contributed by atoms with Gasteiger partial charge in [0.1, 0.15) is 0 Å². The van der Waals surface area contributed by atoms with Gasteiger partial charge in [-0.05, 0) is 48.6 Å². The number of ketones is 1. The van der Waals surface area contributed by atoms with Gasteiger partial charge in [-0.2, -0.15) is 0 Å². The predicted molar refractivity (Wildman–Crippen MR) is 80.0 cm³/mol. The first-order valence-corrected chi connectivity index (χ1v) is 7.19. The molecule has 0 radical (unpaired) electrons. The molecule has 0 bridgehead atoms. The quantitative estimate of drug-likeness (QED) is 0.614. The van der Waals surface area contributed by atoms with E-state index < -0.39 is 0 Å². The van der Waals surface area contributed by atoms with Crippen molar-refractivity contribution in [1.29, 1.82) is 0 Å². The van der Waals surface area contributed by atoms with Crippen LogP contribution in [0.25, 0.3) is 0 Å². The van der Waals surface area contributed by atoms with E-state index in [0.29, 0.717) is 13.2 Å². The summed E-state index contributed by atoms with van der Waals surface area (Å²) < 4.78 is 6.79. The molecule has 0 N–H and O–H groups in total. The molecule has 1 aromatic rings. The van der Waals surface area contributed by atoms with Crippen LogP contribution in [0.5, 0.6) is 0 Å². The van der Waals surface area contributed by atoms with Gasteiger partial charge in [-0.1, -0.05) is 12.1 Å². The molecule has 0 aromatic heterocycles. The minimum absolute atomic E-state index is 0.148. The summed E-state index contributed by atoms with van der Waals surface area (Å²) in [5, 5.41) is 0. The van der Waals surface area contributed by atoms with Gasteiger partial charge in [-0.25, -0.2) is 0 Å². The molecule has 1 fully saturated rings. The van der Waals surface area contributed by atoms with E-state index in [1.807, 2.05) is 24.3 Å². The monoisotopic (exact) mass is 359 g/mol. The molecule has 0 aliphatic carbocycles. The average molecular weight is 359 g/mol. The van der Waals surface area contributed by atoms with Crippen LogP contribution in [-0.2, 0) is 4.74 Å². The number of rotatable bonds is 3. The van der Waals surface area contributed by atoms with Crippen molar-refractivity contribution >= 4 is 28.4 Å². The van der Waals surface area contributed by atoms with E-state index in [1.165, 1.54) is 0 Å². The lowest BCUT2D eigenvalue weighted by atomic mass is 10.1. The zero-order valence-electron chi connectivity index (χ0n) is 10.8. The van der Waals surface area contributed by atoms with E-state index in [0.717, 1.165) is 22.2 Å². The number of carbonyl (C=O) groups excluding carboxylic acids is 1. The van der Waals surface area contributed by atoms with Crippen molar-refractivity contribution in [1.82, 2.24) is 4.90 Å². The lowest BCUT2D eigenvalue weighted by molar-refractivity contribution is -0.0833. The molecular formula is C14H18INO2. The fourth-order valence-corrected chi connectivity index (χ4v) is 2.54. The first-order chi connectivity index (χ1) is 8.46. The number of nitrogens with zero attached hydrogens (tertiary/aromatic N) is 1. The topological polar surface area (TPSA) is 29.5 Å². The third kappa shape index (κ3) is 3.76. The van der Waals surface area contributed by atoms with Crippen LogP contribution in [0, 0.1) is 3.57 Å². The van der Waals surface area contributed by atoms with Gasteiger partial charge < -0.3 is 4.74 Å². The molecule has 0 spiro atoms. The summed E-state index contributed by atoms with van der Waals surface area (Å²) in [6, 6.07) is 7.74. The van der Waals surface area contributed by atoms with Gasteiger partial charge in [0.25, 0.3) is 0 Å². The molecule has 0 saturated carbocycles. The molecule has 0 amide bonds. The smallest absolute Gasteiger partial charge is 0.176 e. The highest BCUT2D eigenvalue weighted by molar-refractivity contribution is 14.1. The third-order valence-corrected chi connectivity index (χ3v) is 3.76. The van der Waals surface area contributed by atoms with Gasteiger partial charge >= 0.3 is 0 Å². The normalized spacial score (nSPS) is 19.7. The standard InChI is InChI=1S/C14H18INO2/c1-14(2)10-16(7-8-18-14)9-13(17)11-3-5-12(15)6-4-11/h3-6H,7-10H2,1-2H3. The lowest BCUT2D eigenvalue weighted by Gasteiger charge is -2.37. The minimum atomic E-state index is -0.148. The zero-order valence-corrected chi connectivity index (χ0v) is 12.9. The molecule has 1 saturated heterocycles. The van der Waals surface area contributed by atoms with E-state index in [2.05, 4.69) is 41.3 Å². The average Bonchev–Trinajstić information content (AvgIpc) is 2.28. The summed E-state index contributed by atoms with van der Waals surface area (Å²) in [5.74, 6) is 0.184. The molecule has 3 nitrogen and oxygen atoms in total. The Morgan fingerprint density at radius 2 is 2.06 bits per heavy atom. The predicted octanol–water partition coefficient (Wildman–Crippen LogP) is 2.58. The SMILES string of the molecule is CC1(C)CN(CC(=O)c2ccc(I)cc2)CCO1. The number of halogens is 1. The molecule has 18 heavy (non-hydrogen) atoms. The summed E-state index contributed by atoms with van der Waals surface area (Å²) in [6.45, 7) is 6.95. The van der Waals surface area contributed by atoms with E-state index in [1.54, 1.807) is 0 Å². The van der Waals surface area contributed by atoms with E-state index in [9.17, 15) is 4.79 Å². The van der Waals surface area contributed by atoms with Crippen molar-refractivity contribution in [2.75, 3.05) is 26.2 Å². The van der Waals surface area contributed by atoms with Gasteiger partial charge in [-0.3, -0.25) is 9.69 Å². The summed E-state index contributed by atoms with van der Waals surface area (Å²) in [6.07, 6.45) is 0. The van der Waals surface area contributed by atoms with Gasteiger partial charge in [0.15, 0.2) is 5.78 Å². The van der Waals surface area contributed by atoms with Crippen molar-refractivity contribution in [3.05, 3.63) is 33.4 Å². The summed E-state index contributed by atoms with van der Waals surface area (Å²) in [5.41, 5.74) is 0.643. The van der Waals surface area contributed by atoms with Crippen molar-refractivity contribution < 1.29 is 9.53 Å². The Hall–Kier alpha value is -0.460. The number of ether oxygens (including phenoxy) is 1. The maximum atomic E-state index is 12.2. The van der Waals surface area contributed by atoms with E-state index >= 15 is 0 Å². The fraction of sp³-hybridized carbons (Fsp3) is 0.500. The molecule has 0 atom stereocenters.